The highest BCUT2D eigenvalue weighted by Gasteiger charge is 2.33. The highest BCUT2D eigenvalue weighted by Crippen LogP contribution is 2.38. The normalized spacial score (nSPS) is 14.8. The van der Waals surface area contributed by atoms with Crippen molar-refractivity contribution in [1.82, 2.24) is 0 Å². The Hall–Kier alpha value is -2.93. The van der Waals surface area contributed by atoms with Crippen molar-refractivity contribution >= 4 is 36.3 Å². The van der Waals surface area contributed by atoms with E-state index in [0.29, 0.717) is 11.5 Å². The predicted octanol–water partition coefficient (Wildman–Crippen LogP) is 6.08. The SMILES string of the molecule is CCC(C)(S)CC(C)(CC)Oc1ccc(/C=C/C(=O)Nc2ccccc2C(=O)O)cc1OC. The highest BCUT2D eigenvalue weighted by molar-refractivity contribution is 7.81. The summed E-state index contributed by atoms with van der Waals surface area (Å²) in [4.78, 5) is 23.6. The van der Waals surface area contributed by atoms with Crippen LogP contribution in [0.4, 0.5) is 5.69 Å². The maximum atomic E-state index is 12.3. The molecule has 0 fully saturated rings. The third-order valence-corrected chi connectivity index (χ3v) is 6.13. The number of methoxy groups -OCH3 is 1. The second-order valence-corrected chi connectivity index (χ2v) is 9.60. The van der Waals surface area contributed by atoms with Gasteiger partial charge in [-0.3, -0.25) is 4.79 Å². The number of ether oxygens (including phenoxy) is 2. The zero-order valence-electron chi connectivity index (χ0n) is 19.8. The molecule has 0 aliphatic rings. The second kappa shape index (κ2) is 11.3. The van der Waals surface area contributed by atoms with Crippen LogP contribution in [0.2, 0.25) is 0 Å². The van der Waals surface area contributed by atoms with E-state index in [4.69, 9.17) is 22.1 Å². The zero-order chi connectivity index (χ0) is 24.6. The monoisotopic (exact) mass is 471 g/mol. The van der Waals surface area contributed by atoms with Gasteiger partial charge in [-0.05, 0) is 55.7 Å². The lowest BCUT2D eigenvalue weighted by Crippen LogP contribution is -2.38. The molecule has 33 heavy (non-hydrogen) atoms. The van der Waals surface area contributed by atoms with E-state index in [-0.39, 0.29) is 16.0 Å². The first-order chi connectivity index (χ1) is 15.5. The van der Waals surface area contributed by atoms with E-state index in [1.165, 1.54) is 12.1 Å². The fraction of sp³-hybridized carbons (Fsp3) is 0.385. The van der Waals surface area contributed by atoms with Crippen molar-refractivity contribution in [3.05, 3.63) is 59.7 Å². The maximum absolute atomic E-state index is 12.3. The van der Waals surface area contributed by atoms with Gasteiger partial charge >= 0.3 is 5.97 Å². The first-order valence-corrected chi connectivity index (χ1v) is 11.4. The maximum Gasteiger partial charge on any atom is 0.337 e. The molecule has 0 heterocycles. The lowest BCUT2D eigenvalue weighted by Gasteiger charge is -2.36. The fourth-order valence-electron chi connectivity index (χ4n) is 3.43. The number of para-hydroxylation sites is 1. The largest absolute Gasteiger partial charge is 0.493 e. The summed E-state index contributed by atoms with van der Waals surface area (Å²) < 4.78 is 11.8. The average molecular weight is 472 g/mol. The number of carboxylic acid groups (broad SMARTS) is 1. The van der Waals surface area contributed by atoms with Gasteiger partial charge in [0.2, 0.25) is 5.91 Å². The smallest absolute Gasteiger partial charge is 0.337 e. The standard InChI is InChI=1S/C26H33NO5S/c1-6-25(3,17-26(4,33)7-2)32-21-14-12-18(16-22(21)31-5)13-15-23(28)27-20-11-9-8-10-19(20)24(29)30/h8-16,33H,6-7,17H2,1-5H3,(H,27,28)(H,29,30)/b15-13+. The molecule has 0 aromatic heterocycles. The van der Waals surface area contributed by atoms with Crippen LogP contribution in [0.15, 0.2) is 48.5 Å². The Balaban J connectivity index is 2.16. The highest BCUT2D eigenvalue weighted by atomic mass is 32.1. The molecule has 178 valence electrons. The fourth-order valence-corrected chi connectivity index (χ4v) is 3.76. The van der Waals surface area contributed by atoms with Gasteiger partial charge in [-0.2, -0.15) is 12.6 Å². The number of rotatable bonds is 11. The number of carboxylic acids is 1. The molecule has 0 aliphatic heterocycles. The molecule has 6 nitrogen and oxygen atoms in total. The first kappa shape index (κ1) is 26.3. The van der Waals surface area contributed by atoms with Crippen LogP contribution in [-0.2, 0) is 4.79 Å². The minimum Gasteiger partial charge on any atom is -0.493 e. The minimum absolute atomic E-state index is 0.0294. The predicted molar refractivity (Wildman–Crippen MR) is 136 cm³/mol. The minimum atomic E-state index is -1.11. The molecule has 0 spiro atoms. The van der Waals surface area contributed by atoms with Gasteiger partial charge in [0.05, 0.1) is 18.4 Å². The molecule has 0 aliphatic carbocycles. The molecule has 0 saturated carbocycles. The van der Waals surface area contributed by atoms with Gasteiger partial charge in [0.25, 0.3) is 0 Å². The van der Waals surface area contributed by atoms with Crippen LogP contribution >= 0.6 is 12.6 Å². The number of carbonyl (C=O) groups is 2. The van der Waals surface area contributed by atoms with Gasteiger partial charge in [0, 0.05) is 17.2 Å². The third-order valence-electron chi connectivity index (χ3n) is 5.65. The number of carbonyl (C=O) groups excluding carboxylic acids is 1. The van der Waals surface area contributed by atoms with Crippen molar-refractivity contribution in [2.24, 2.45) is 0 Å². The van der Waals surface area contributed by atoms with Gasteiger partial charge in [0.1, 0.15) is 5.60 Å². The molecule has 2 N–H and O–H groups in total. The average Bonchev–Trinajstić information content (AvgIpc) is 2.78. The van der Waals surface area contributed by atoms with Gasteiger partial charge in [0.15, 0.2) is 11.5 Å². The number of anilines is 1. The Morgan fingerprint density at radius 1 is 1.09 bits per heavy atom. The molecule has 0 radical (unpaired) electrons. The van der Waals surface area contributed by atoms with Crippen molar-refractivity contribution < 1.29 is 24.2 Å². The number of nitrogens with one attached hydrogen (secondary N) is 1. The van der Waals surface area contributed by atoms with E-state index in [1.54, 1.807) is 37.5 Å². The summed E-state index contributed by atoms with van der Waals surface area (Å²) in [6.07, 6.45) is 5.49. The number of aromatic carboxylic acids is 1. The molecule has 0 saturated heterocycles. The summed E-state index contributed by atoms with van der Waals surface area (Å²) >= 11 is 4.77. The van der Waals surface area contributed by atoms with E-state index in [0.717, 1.165) is 24.8 Å². The molecule has 2 aromatic rings. The summed E-state index contributed by atoms with van der Waals surface area (Å²) in [5.41, 5.74) is 0.603. The van der Waals surface area contributed by atoms with Gasteiger partial charge < -0.3 is 19.9 Å². The Kier molecular flexibility index (Phi) is 8.99. The lowest BCUT2D eigenvalue weighted by molar-refractivity contribution is -0.111. The van der Waals surface area contributed by atoms with Crippen LogP contribution in [0.3, 0.4) is 0 Å². The van der Waals surface area contributed by atoms with Gasteiger partial charge in [-0.15, -0.1) is 0 Å². The van der Waals surface area contributed by atoms with Crippen LogP contribution in [0.1, 0.15) is 62.9 Å². The van der Waals surface area contributed by atoms with Crippen molar-refractivity contribution in [3.8, 4) is 11.5 Å². The quantitative estimate of drug-likeness (QED) is 0.273. The van der Waals surface area contributed by atoms with E-state index >= 15 is 0 Å². The third kappa shape index (κ3) is 7.56. The number of hydrogen-bond acceptors (Lipinski definition) is 5. The molecule has 2 atom stereocenters. The van der Waals surface area contributed by atoms with E-state index in [1.807, 2.05) is 12.1 Å². The first-order valence-electron chi connectivity index (χ1n) is 10.9. The second-order valence-electron chi connectivity index (χ2n) is 8.52. The van der Waals surface area contributed by atoms with Crippen LogP contribution in [0, 0.1) is 0 Å². The molecular weight excluding hydrogens is 438 g/mol. The summed E-state index contributed by atoms with van der Waals surface area (Å²) in [5, 5.41) is 11.8. The van der Waals surface area contributed by atoms with E-state index in [2.05, 4.69) is 33.0 Å². The Morgan fingerprint density at radius 2 is 1.79 bits per heavy atom. The number of benzene rings is 2. The molecule has 2 rings (SSSR count). The topological polar surface area (TPSA) is 84.9 Å². The molecule has 7 heteroatoms. The van der Waals surface area contributed by atoms with Gasteiger partial charge in [-0.1, -0.05) is 39.0 Å². The number of thiol groups is 1. The molecular formula is C26H33NO5S. The Bertz CT molecular complexity index is 1020. The zero-order valence-corrected chi connectivity index (χ0v) is 20.7. The van der Waals surface area contributed by atoms with Crippen LogP contribution in [0.5, 0.6) is 11.5 Å². The molecule has 2 unspecified atom stereocenters. The van der Waals surface area contributed by atoms with Crippen LogP contribution in [-0.4, -0.2) is 34.4 Å². The molecule has 1 amide bonds. The number of amides is 1. The summed E-state index contributed by atoms with van der Waals surface area (Å²) in [6, 6.07) is 11.7. The van der Waals surface area contributed by atoms with Crippen LogP contribution in [0.25, 0.3) is 6.08 Å². The Labute approximate surface area is 201 Å². The van der Waals surface area contributed by atoms with Gasteiger partial charge in [-0.25, -0.2) is 4.79 Å². The summed E-state index contributed by atoms with van der Waals surface area (Å²) in [5.74, 6) is -0.356. The van der Waals surface area contributed by atoms with E-state index < -0.39 is 17.5 Å². The number of hydrogen-bond donors (Lipinski definition) is 3. The van der Waals surface area contributed by atoms with Crippen molar-refractivity contribution in [1.29, 1.82) is 0 Å². The van der Waals surface area contributed by atoms with Crippen molar-refractivity contribution in [2.45, 2.75) is 57.3 Å². The van der Waals surface area contributed by atoms with Crippen molar-refractivity contribution in [3.63, 3.8) is 0 Å². The lowest BCUT2D eigenvalue weighted by atomic mass is 9.88. The molecule has 2 aromatic carbocycles. The Morgan fingerprint density at radius 3 is 2.39 bits per heavy atom. The van der Waals surface area contributed by atoms with Crippen molar-refractivity contribution in [2.75, 3.05) is 12.4 Å². The summed E-state index contributed by atoms with van der Waals surface area (Å²) in [6.45, 7) is 8.38. The molecule has 0 bridgehead atoms. The van der Waals surface area contributed by atoms with Crippen LogP contribution < -0.4 is 14.8 Å². The van der Waals surface area contributed by atoms with E-state index in [9.17, 15) is 14.7 Å². The summed E-state index contributed by atoms with van der Waals surface area (Å²) in [7, 11) is 1.57.